The molecule has 124 valence electrons. The number of urea groups is 1. The van der Waals surface area contributed by atoms with E-state index in [1.807, 2.05) is 32.0 Å². The molecule has 0 unspecified atom stereocenters. The zero-order chi connectivity index (χ0) is 16.8. The van der Waals surface area contributed by atoms with Gasteiger partial charge in [-0.1, -0.05) is 23.5 Å². The molecule has 0 aliphatic carbocycles. The van der Waals surface area contributed by atoms with Crippen molar-refractivity contribution in [3.63, 3.8) is 0 Å². The average Bonchev–Trinajstić information content (AvgIpc) is 2.88. The Kier molecular flexibility index (Phi) is 5.89. The number of rotatable bonds is 6. The van der Waals surface area contributed by atoms with Crippen LogP contribution in [0.1, 0.15) is 10.6 Å². The van der Waals surface area contributed by atoms with E-state index in [9.17, 15) is 9.90 Å². The molecule has 1 aromatic carbocycles. The molecule has 2 amide bonds. The highest BCUT2D eigenvalue weighted by Crippen LogP contribution is 2.16. The summed E-state index contributed by atoms with van der Waals surface area (Å²) in [5, 5.41) is 21.4. The van der Waals surface area contributed by atoms with Crippen LogP contribution in [0.3, 0.4) is 0 Å². The predicted octanol–water partition coefficient (Wildman–Crippen LogP) is 2.15. The van der Waals surface area contributed by atoms with Gasteiger partial charge in [0.05, 0.1) is 0 Å². The van der Waals surface area contributed by atoms with Gasteiger partial charge >= 0.3 is 6.03 Å². The van der Waals surface area contributed by atoms with Crippen LogP contribution in [-0.2, 0) is 6.54 Å². The molecule has 0 aliphatic heterocycles. The Balaban J connectivity index is 2.07. The van der Waals surface area contributed by atoms with Crippen LogP contribution in [0.4, 0.5) is 9.93 Å². The van der Waals surface area contributed by atoms with Crippen LogP contribution in [0.25, 0.3) is 0 Å². The first-order chi connectivity index (χ1) is 10.9. The smallest absolute Gasteiger partial charge is 0.324 e. The maximum absolute atomic E-state index is 12.5. The van der Waals surface area contributed by atoms with Crippen molar-refractivity contribution in [1.82, 2.24) is 20.0 Å². The molecule has 0 saturated heterocycles. The lowest BCUT2D eigenvalue weighted by Gasteiger charge is -2.24. The molecule has 0 spiro atoms. The Bertz CT molecular complexity index is 659. The minimum Gasteiger partial charge on any atom is -0.508 e. The molecule has 0 atom stereocenters. The summed E-state index contributed by atoms with van der Waals surface area (Å²) < 4.78 is 0. The van der Waals surface area contributed by atoms with Crippen molar-refractivity contribution in [2.24, 2.45) is 0 Å². The largest absolute Gasteiger partial charge is 0.508 e. The number of phenolic OH excluding ortho intramolecular Hbond substituents is 1. The number of benzene rings is 1. The van der Waals surface area contributed by atoms with Crippen molar-refractivity contribution in [1.29, 1.82) is 0 Å². The van der Waals surface area contributed by atoms with Gasteiger partial charge in [0.2, 0.25) is 5.13 Å². The van der Waals surface area contributed by atoms with Gasteiger partial charge in [0, 0.05) is 19.6 Å². The molecular formula is C15H21N5O2S. The van der Waals surface area contributed by atoms with Gasteiger partial charge in [0.25, 0.3) is 0 Å². The maximum Gasteiger partial charge on any atom is 0.324 e. The third-order valence-corrected chi connectivity index (χ3v) is 3.88. The summed E-state index contributed by atoms with van der Waals surface area (Å²) in [7, 11) is 3.91. The summed E-state index contributed by atoms with van der Waals surface area (Å²) in [6.45, 7) is 3.55. The van der Waals surface area contributed by atoms with Crippen molar-refractivity contribution >= 4 is 22.5 Å². The number of phenols is 1. The second-order valence-corrected chi connectivity index (χ2v) is 6.63. The number of amides is 2. The van der Waals surface area contributed by atoms with Crippen molar-refractivity contribution in [2.45, 2.75) is 13.5 Å². The quantitative estimate of drug-likeness (QED) is 0.845. The molecule has 2 N–H and O–H groups in total. The zero-order valence-corrected chi connectivity index (χ0v) is 14.3. The molecule has 0 fully saturated rings. The van der Waals surface area contributed by atoms with Crippen LogP contribution in [-0.4, -0.2) is 58.3 Å². The first-order valence-corrected chi connectivity index (χ1v) is 8.04. The molecule has 8 heteroatoms. The summed E-state index contributed by atoms with van der Waals surface area (Å²) in [5.74, 6) is 0.190. The summed E-state index contributed by atoms with van der Waals surface area (Å²) in [4.78, 5) is 16.2. The highest BCUT2D eigenvalue weighted by molar-refractivity contribution is 7.15. The van der Waals surface area contributed by atoms with Crippen LogP contribution in [0.2, 0.25) is 0 Å². The Labute approximate surface area is 139 Å². The number of aromatic nitrogens is 2. The van der Waals surface area contributed by atoms with Gasteiger partial charge < -0.3 is 14.9 Å². The number of hydrogen-bond acceptors (Lipinski definition) is 6. The number of aromatic hydroxyl groups is 1. The molecular weight excluding hydrogens is 314 g/mol. The molecule has 0 radical (unpaired) electrons. The minimum atomic E-state index is -0.230. The number of hydrogen-bond donors (Lipinski definition) is 2. The van der Waals surface area contributed by atoms with E-state index in [0.29, 0.717) is 18.2 Å². The van der Waals surface area contributed by atoms with Crippen LogP contribution in [0, 0.1) is 6.92 Å². The Hall–Kier alpha value is -2.19. The third kappa shape index (κ3) is 5.50. The molecule has 0 bridgehead atoms. The Morgan fingerprint density at radius 1 is 1.30 bits per heavy atom. The van der Waals surface area contributed by atoms with Crippen molar-refractivity contribution < 1.29 is 9.90 Å². The topological polar surface area (TPSA) is 81.6 Å². The third-order valence-electron chi connectivity index (χ3n) is 3.13. The van der Waals surface area contributed by atoms with Crippen LogP contribution in [0.15, 0.2) is 24.3 Å². The number of carbonyl (C=O) groups is 1. The average molecular weight is 335 g/mol. The monoisotopic (exact) mass is 335 g/mol. The molecule has 0 saturated carbocycles. The van der Waals surface area contributed by atoms with E-state index in [1.165, 1.54) is 11.3 Å². The second-order valence-electron chi connectivity index (χ2n) is 5.45. The Morgan fingerprint density at radius 3 is 2.70 bits per heavy atom. The molecule has 1 aromatic heterocycles. The van der Waals surface area contributed by atoms with Crippen molar-refractivity contribution in [2.75, 3.05) is 32.5 Å². The van der Waals surface area contributed by atoms with E-state index in [2.05, 4.69) is 15.5 Å². The van der Waals surface area contributed by atoms with E-state index in [1.54, 1.807) is 23.1 Å². The second kappa shape index (κ2) is 7.89. The molecule has 2 rings (SSSR count). The highest BCUT2D eigenvalue weighted by atomic mass is 32.1. The van der Waals surface area contributed by atoms with E-state index in [-0.39, 0.29) is 11.8 Å². The van der Waals surface area contributed by atoms with Crippen molar-refractivity contribution in [3.05, 3.63) is 34.8 Å². The van der Waals surface area contributed by atoms with E-state index < -0.39 is 0 Å². The fraction of sp³-hybridized carbons (Fsp3) is 0.400. The molecule has 1 heterocycles. The fourth-order valence-corrected chi connectivity index (χ4v) is 2.55. The highest BCUT2D eigenvalue weighted by Gasteiger charge is 2.16. The normalized spacial score (nSPS) is 10.8. The number of likely N-dealkylation sites (N-methyl/N-ethyl adjacent to an activating group) is 1. The number of carbonyl (C=O) groups excluding carboxylic acids is 1. The maximum atomic E-state index is 12.5. The lowest BCUT2D eigenvalue weighted by Crippen LogP contribution is -2.39. The molecule has 7 nitrogen and oxygen atoms in total. The van der Waals surface area contributed by atoms with Gasteiger partial charge in [0.1, 0.15) is 10.8 Å². The van der Waals surface area contributed by atoms with E-state index in [4.69, 9.17) is 0 Å². The van der Waals surface area contributed by atoms with E-state index in [0.717, 1.165) is 17.1 Å². The molecule has 0 aliphatic rings. The summed E-state index contributed by atoms with van der Waals surface area (Å²) in [6, 6.07) is 6.68. The van der Waals surface area contributed by atoms with Gasteiger partial charge in [-0.05, 0) is 38.7 Å². The van der Waals surface area contributed by atoms with Gasteiger partial charge in [-0.2, -0.15) is 0 Å². The summed E-state index contributed by atoms with van der Waals surface area (Å²) in [6.07, 6.45) is 0. The Morgan fingerprint density at radius 2 is 2.09 bits per heavy atom. The van der Waals surface area contributed by atoms with Gasteiger partial charge in [-0.25, -0.2) is 4.79 Å². The number of nitrogens with one attached hydrogen (secondary N) is 1. The zero-order valence-electron chi connectivity index (χ0n) is 13.5. The lowest BCUT2D eigenvalue weighted by molar-refractivity contribution is 0.202. The standard InChI is InChI=1S/C15H21N5O2S/c1-11-17-18-14(23-11)16-15(22)20(8-7-19(2)3)10-12-5-4-6-13(21)9-12/h4-6,9,21H,7-8,10H2,1-3H3,(H,16,18,22). The van der Waals surface area contributed by atoms with Crippen LogP contribution < -0.4 is 5.32 Å². The van der Waals surface area contributed by atoms with Gasteiger partial charge in [-0.3, -0.25) is 5.32 Å². The number of aryl methyl sites for hydroxylation is 1. The SMILES string of the molecule is Cc1nnc(NC(=O)N(CCN(C)C)Cc2cccc(O)c2)s1. The minimum absolute atomic E-state index is 0.190. The lowest BCUT2D eigenvalue weighted by atomic mass is 10.2. The van der Waals surface area contributed by atoms with E-state index >= 15 is 0 Å². The fourth-order valence-electron chi connectivity index (χ4n) is 1.97. The van der Waals surface area contributed by atoms with Crippen LogP contribution in [0.5, 0.6) is 5.75 Å². The summed E-state index contributed by atoms with van der Waals surface area (Å²) in [5.41, 5.74) is 0.868. The van der Waals surface area contributed by atoms with Gasteiger partial charge in [0.15, 0.2) is 0 Å². The molecule has 2 aromatic rings. The first-order valence-electron chi connectivity index (χ1n) is 7.22. The van der Waals surface area contributed by atoms with Gasteiger partial charge in [-0.15, -0.1) is 10.2 Å². The number of nitrogens with zero attached hydrogens (tertiary/aromatic N) is 4. The first kappa shape index (κ1) is 17.2. The molecule has 23 heavy (non-hydrogen) atoms. The predicted molar refractivity (Wildman–Crippen MR) is 90.7 cm³/mol. The van der Waals surface area contributed by atoms with Crippen molar-refractivity contribution in [3.8, 4) is 5.75 Å². The van der Waals surface area contributed by atoms with Crippen LogP contribution >= 0.6 is 11.3 Å². The number of anilines is 1. The summed E-state index contributed by atoms with van der Waals surface area (Å²) >= 11 is 1.34.